The SMILES string of the molecule is O=C(OCc1nc(-c2ccc(C(F)(F)F)cc2)no1)c1cccc(S(=O)(=O)N2CCCCC2)c1. The van der Waals surface area contributed by atoms with Gasteiger partial charge in [0.2, 0.25) is 15.8 Å². The number of hydrogen-bond acceptors (Lipinski definition) is 7. The number of sulfonamides is 1. The molecule has 180 valence electrons. The van der Waals surface area contributed by atoms with Gasteiger partial charge in [0.05, 0.1) is 16.0 Å². The summed E-state index contributed by atoms with van der Waals surface area (Å²) in [6.07, 6.45) is -1.90. The number of alkyl halides is 3. The summed E-state index contributed by atoms with van der Waals surface area (Å²) in [6, 6.07) is 9.78. The second-order valence-electron chi connectivity index (χ2n) is 7.66. The van der Waals surface area contributed by atoms with Crippen molar-refractivity contribution in [1.82, 2.24) is 14.4 Å². The quantitative estimate of drug-likeness (QED) is 0.470. The first-order valence-electron chi connectivity index (χ1n) is 10.4. The Hall–Kier alpha value is -3.25. The monoisotopic (exact) mass is 495 g/mol. The number of carbonyl (C=O) groups excluding carboxylic acids is 1. The van der Waals surface area contributed by atoms with E-state index in [4.69, 9.17) is 9.26 Å². The van der Waals surface area contributed by atoms with E-state index < -0.39 is 34.3 Å². The van der Waals surface area contributed by atoms with Gasteiger partial charge in [0.1, 0.15) is 0 Å². The zero-order chi connectivity index (χ0) is 24.3. The fourth-order valence-corrected chi connectivity index (χ4v) is 5.05. The van der Waals surface area contributed by atoms with Gasteiger partial charge in [-0.25, -0.2) is 13.2 Å². The Balaban J connectivity index is 1.41. The average molecular weight is 495 g/mol. The van der Waals surface area contributed by atoms with Crippen molar-refractivity contribution in [3.63, 3.8) is 0 Å². The molecule has 0 unspecified atom stereocenters. The smallest absolute Gasteiger partial charge is 0.416 e. The van der Waals surface area contributed by atoms with Crippen LogP contribution in [0.25, 0.3) is 11.4 Å². The molecule has 2 heterocycles. The van der Waals surface area contributed by atoms with Crippen LogP contribution in [-0.4, -0.2) is 41.9 Å². The lowest BCUT2D eigenvalue weighted by Gasteiger charge is -2.25. The summed E-state index contributed by atoms with van der Waals surface area (Å²) >= 11 is 0. The number of benzene rings is 2. The number of nitrogens with zero attached hydrogens (tertiary/aromatic N) is 3. The van der Waals surface area contributed by atoms with Crippen LogP contribution in [0.5, 0.6) is 0 Å². The Bertz CT molecular complexity index is 1270. The third kappa shape index (κ3) is 5.28. The van der Waals surface area contributed by atoms with E-state index in [-0.39, 0.29) is 22.2 Å². The molecule has 1 fully saturated rings. The van der Waals surface area contributed by atoms with Crippen molar-refractivity contribution < 1.29 is 35.6 Å². The lowest BCUT2D eigenvalue weighted by molar-refractivity contribution is -0.137. The second kappa shape index (κ2) is 9.55. The van der Waals surface area contributed by atoms with Crippen LogP contribution in [0.4, 0.5) is 13.2 Å². The maximum absolute atomic E-state index is 12.8. The van der Waals surface area contributed by atoms with Gasteiger partial charge < -0.3 is 9.26 Å². The third-order valence-electron chi connectivity index (χ3n) is 5.29. The van der Waals surface area contributed by atoms with Crippen molar-refractivity contribution in [3.8, 4) is 11.4 Å². The van der Waals surface area contributed by atoms with Gasteiger partial charge in [0.15, 0.2) is 6.61 Å². The highest BCUT2D eigenvalue weighted by Gasteiger charge is 2.30. The summed E-state index contributed by atoms with van der Waals surface area (Å²) in [5.74, 6) is -0.820. The van der Waals surface area contributed by atoms with Crippen molar-refractivity contribution in [2.75, 3.05) is 13.1 Å². The zero-order valence-electron chi connectivity index (χ0n) is 17.8. The molecule has 1 aliphatic rings. The zero-order valence-corrected chi connectivity index (χ0v) is 18.6. The van der Waals surface area contributed by atoms with Crippen LogP contribution >= 0.6 is 0 Å². The van der Waals surface area contributed by atoms with Gasteiger partial charge in [-0.3, -0.25) is 0 Å². The number of rotatable bonds is 6. The Morgan fingerprint density at radius 3 is 2.44 bits per heavy atom. The van der Waals surface area contributed by atoms with Gasteiger partial charge >= 0.3 is 12.1 Å². The summed E-state index contributed by atoms with van der Waals surface area (Å²) in [5.41, 5.74) is -0.469. The molecule has 4 rings (SSSR count). The highest BCUT2D eigenvalue weighted by atomic mass is 32.2. The molecule has 0 atom stereocenters. The van der Waals surface area contributed by atoms with E-state index in [1.54, 1.807) is 0 Å². The van der Waals surface area contributed by atoms with Crippen LogP contribution in [-0.2, 0) is 27.5 Å². The van der Waals surface area contributed by atoms with E-state index in [1.165, 1.54) is 40.7 Å². The first kappa shape index (κ1) is 23.9. The molecule has 0 spiro atoms. The number of carbonyl (C=O) groups is 1. The van der Waals surface area contributed by atoms with Gasteiger partial charge in [0, 0.05) is 18.7 Å². The first-order chi connectivity index (χ1) is 16.1. The number of piperidine rings is 1. The summed E-state index contributed by atoms with van der Waals surface area (Å²) in [5, 5.41) is 3.68. The van der Waals surface area contributed by atoms with Crippen molar-refractivity contribution in [3.05, 3.63) is 65.5 Å². The Kier molecular flexibility index (Phi) is 6.71. The molecule has 2 aromatic carbocycles. The van der Waals surface area contributed by atoms with E-state index >= 15 is 0 Å². The summed E-state index contributed by atoms with van der Waals surface area (Å²) in [6.45, 7) is 0.487. The third-order valence-corrected chi connectivity index (χ3v) is 7.18. The van der Waals surface area contributed by atoms with Crippen LogP contribution in [0.1, 0.15) is 41.1 Å². The van der Waals surface area contributed by atoms with Gasteiger partial charge in [-0.05, 0) is 43.2 Å². The second-order valence-corrected chi connectivity index (χ2v) is 9.59. The molecule has 0 aliphatic carbocycles. The Labute approximate surface area is 193 Å². The van der Waals surface area contributed by atoms with Crippen molar-refractivity contribution >= 4 is 16.0 Å². The number of hydrogen-bond donors (Lipinski definition) is 0. The van der Waals surface area contributed by atoms with Gasteiger partial charge in [-0.1, -0.05) is 29.8 Å². The molecule has 1 aromatic heterocycles. The summed E-state index contributed by atoms with van der Waals surface area (Å²) in [7, 11) is -3.71. The molecule has 3 aromatic rings. The molecule has 34 heavy (non-hydrogen) atoms. The molecule has 1 aliphatic heterocycles. The van der Waals surface area contributed by atoms with E-state index in [9.17, 15) is 26.4 Å². The minimum Gasteiger partial charge on any atom is -0.452 e. The molecule has 8 nitrogen and oxygen atoms in total. The molecule has 0 saturated carbocycles. The Morgan fingerprint density at radius 1 is 1.06 bits per heavy atom. The van der Waals surface area contributed by atoms with Gasteiger partial charge in [-0.2, -0.15) is 22.5 Å². The van der Waals surface area contributed by atoms with Gasteiger partial charge in [-0.15, -0.1) is 0 Å². The maximum atomic E-state index is 12.8. The largest absolute Gasteiger partial charge is 0.452 e. The maximum Gasteiger partial charge on any atom is 0.416 e. The van der Waals surface area contributed by atoms with Crippen molar-refractivity contribution in [1.29, 1.82) is 0 Å². The van der Waals surface area contributed by atoms with Crippen LogP contribution in [0.3, 0.4) is 0 Å². The normalized spacial score (nSPS) is 15.3. The predicted molar refractivity (Wildman–Crippen MR) is 113 cm³/mol. The van der Waals surface area contributed by atoms with E-state index in [1.807, 2.05) is 0 Å². The number of ether oxygens (including phenoxy) is 1. The number of aromatic nitrogens is 2. The fourth-order valence-electron chi connectivity index (χ4n) is 3.49. The molecule has 0 N–H and O–H groups in total. The lowest BCUT2D eigenvalue weighted by atomic mass is 10.1. The van der Waals surface area contributed by atoms with E-state index in [0.29, 0.717) is 18.7 Å². The molecular weight excluding hydrogens is 475 g/mol. The lowest BCUT2D eigenvalue weighted by Crippen LogP contribution is -2.35. The molecule has 1 saturated heterocycles. The van der Waals surface area contributed by atoms with E-state index in [2.05, 4.69) is 10.1 Å². The van der Waals surface area contributed by atoms with Crippen LogP contribution in [0.2, 0.25) is 0 Å². The standard InChI is InChI=1S/C22H20F3N3O5S/c23-22(24,25)17-9-7-15(8-10-17)20-26-19(33-27-20)14-32-21(29)16-5-4-6-18(13-16)34(30,31)28-11-2-1-3-12-28/h4-10,13H,1-3,11-12,14H2. The number of halogens is 3. The minimum absolute atomic E-state index is 0.00577. The molecular formula is C22H20F3N3O5S. The number of esters is 1. The van der Waals surface area contributed by atoms with Crippen molar-refractivity contribution in [2.24, 2.45) is 0 Å². The van der Waals surface area contributed by atoms with Crippen LogP contribution in [0.15, 0.2) is 57.9 Å². The predicted octanol–water partition coefficient (Wildman–Crippen LogP) is 4.29. The summed E-state index contributed by atoms with van der Waals surface area (Å²) in [4.78, 5) is 16.5. The first-order valence-corrected chi connectivity index (χ1v) is 11.9. The van der Waals surface area contributed by atoms with Crippen LogP contribution in [0, 0.1) is 0 Å². The Morgan fingerprint density at radius 2 is 1.76 bits per heavy atom. The summed E-state index contributed by atoms with van der Waals surface area (Å²) < 4.78 is 75.3. The highest BCUT2D eigenvalue weighted by molar-refractivity contribution is 7.89. The van der Waals surface area contributed by atoms with Crippen molar-refractivity contribution in [2.45, 2.75) is 36.9 Å². The van der Waals surface area contributed by atoms with Gasteiger partial charge in [0.25, 0.3) is 5.89 Å². The average Bonchev–Trinajstić information content (AvgIpc) is 3.32. The highest BCUT2D eigenvalue weighted by Crippen LogP contribution is 2.30. The molecule has 0 amide bonds. The molecule has 0 bridgehead atoms. The van der Waals surface area contributed by atoms with Crippen LogP contribution < -0.4 is 0 Å². The topological polar surface area (TPSA) is 103 Å². The van der Waals surface area contributed by atoms with E-state index in [0.717, 1.165) is 31.4 Å². The minimum atomic E-state index is -4.46. The molecule has 0 radical (unpaired) electrons. The molecule has 12 heteroatoms. The fraction of sp³-hybridized carbons (Fsp3) is 0.318.